The van der Waals surface area contributed by atoms with E-state index in [-0.39, 0.29) is 0 Å². The van der Waals surface area contributed by atoms with Gasteiger partial charge >= 0.3 is 11.9 Å². The number of Topliss-reactive ketones (excluding diaryl/α,β-unsaturated/α-hetero) is 1. The first kappa shape index (κ1) is 18.4. The molecule has 1 rings (SSSR count). The van der Waals surface area contributed by atoms with Gasteiger partial charge in [0.25, 0.3) is 0 Å². The number of aliphatic hydroxyl groups excluding tert-OH is 4. The predicted octanol–water partition coefficient (Wildman–Crippen LogP) is -3.87. The third-order valence-electron chi connectivity index (χ3n) is 2.95. The van der Waals surface area contributed by atoms with E-state index in [2.05, 4.69) is 9.78 Å². The molecule has 1 aliphatic heterocycles. The minimum absolute atomic E-state index is 0.818. The van der Waals surface area contributed by atoms with Crippen LogP contribution in [0.4, 0.5) is 0 Å². The van der Waals surface area contributed by atoms with Crippen LogP contribution in [0.5, 0.6) is 0 Å². The van der Waals surface area contributed by atoms with Crippen molar-refractivity contribution in [3.05, 3.63) is 0 Å². The molecule has 1 fully saturated rings. The molecule has 1 aliphatic rings. The van der Waals surface area contributed by atoms with Crippen LogP contribution in [-0.2, 0) is 28.9 Å². The molecule has 0 spiro atoms. The molecule has 0 aliphatic carbocycles. The van der Waals surface area contributed by atoms with Crippen molar-refractivity contribution in [2.75, 3.05) is 6.61 Å². The smallest absolute Gasteiger partial charge is 0.394 e. The van der Waals surface area contributed by atoms with Crippen LogP contribution in [0.3, 0.4) is 0 Å². The second kappa shape index (κ2) is 7.09. The average molecular weight is 324 g/mol. The van der Waals surface area contributed by atoms with E-state index < -0.39 is 61.0 Å². The van der Waals surface area contributed by atoms with Crippen LogP contribution in [0.1, 0.15) is 13.3 Å². The molecular weight excluding hydrogens is 308 g/mol. The maximum atomic E-state index is 11.4. The molecule has 1 heterocycles. The van der Waals surface area contributed by atoms with Crippen molar-refractivity contribution in [2.24, 2.45) is 0 Å². The Hall–Kier alpha value is -1.63. The molecule has 0 aromatic rings. The Balaban J connectivity index is 2.70. The van der Waals surface area contributed by atoms with Crippen molar-refractivity contribution in [1.29, 1.82) is 0 Å². The zero-order valence-corrected chi connectivity index (χ0v) is 11.4. The van der Waals surface area contributed by atoms with Crippen LogP contribution in [0.25, 0.3) is 0 Å². The Morgan fingerprint density at radius 1 is 1.14 bits per heavy atom. The minimum Gasteiger partial charge on any atom is -0.394 e. The Morgan fingerprint density at radius 3 is 2.23 bits per heavy atom. The summed E-state index contributed by atoms with van der Waals surface area (Å²) >= 11 is 0. The van der Waals surface area contributed by atoms with E-state index in [0.29, 0.717) is 0 Å². The zero-order valence-electron chi connectivity index (χ0n) is 11.4. The standard InChI is InChI=1S/C11H16O11/c1-4(13)10(18)22-21-6(14)2-11(19)9(17)8(16)7(15)5(3-12)20-11/h5,7-9,12,15-17,19H,2-3H2,1H3/t5-,7-,8+,9-,11?/m1/s1. The van der Waals surface area contributed by atoms with E-state index in [1.807, 2.05) is 0 Å². The molecule has 0 amide bonds. The maximum absolute atomic E-state index is 11.4. The van der Waals surface area contributed by atoms with Crippen molar-refractivity contribution in [3.8, 4) is 0 Å². The van der Waals surface area contributed by atoms with Gasteiger partial charge in [0.15, 0.2) is 0 Å². The van der Waals surface area contributed by atoms with Crippen LogP contribution < -0.4 is 0 Å². The fourth-order valence-corrected chi connectivity index (χ4v) is 1.75. The normalized spacial score (nSPS) is 34.8. The number of hydrogen-bond acceptors (Lipinski definition) is 11. The van der Waals surface area contributed by atoms with E-state index in [1.54, 1.807) is 0 Å². The van der Waals surface area contributed by atoms with Gasteiger partial charge in [0.05, 0.1) is 6.61 Å². The van der Waals surface area contributed by atoms with Gasteiger partial charge in [-0.2, -0.15) is 0 Å². The lowest BCUT2D eigenvalue weighted by Crippen LogP contribution is -2.65. The summed E-state index contributed by atoms with van der Waals surface area (Å²) in [5.74, 6) is -6.61. The maximum Gasteiger partial charge on any atom is 0.421 e. The second-order valence-electron chi connectivity index (χ2n) is 4.67. The lowest BCUT2D eigenvalue weighted by Gasteiger charge is -2.44. The molecule has 5 N–H and O–H groups in total. The van der Waals surface area contributed by atoms with Gasteiger partial charge in [-0.1, -0.05) is 0 Å². The van der Waals surface area contributed by atoms with Crippen LogP contribution >= 0.6 is 0 Å². The molecule has 126 valence electrons. The number of rotatable bonds is 4. The summed E-state index contributed by atoms with van der Waals surface area (Å²) in [5, 5.41) is 47.7. The summed E-state index contributed by atoms with van der Waals surface area (Å²) in [7, 11) is 0. The quantitative estimate of drug-likeness (QED) is 0.194. The molecular formula is C11H16O11. The number of aliphatic hydroxyl groups is 5. The van der Waals surface area contributed by atoms with E-state index in [9.17, 15) is 34.8 Å². The topological polar surface area (TPSA) is 180 Å². The van der Waals surface area contributed by atoms with E-state index >= 15 is 0 Å². The third kappa shape index (κ3) is 3.97. The van der Waals surface area contributed by atoms with Gasteiger partial charge in [-0.25, -0.2) is 19.4 Å². The molecule has 1 unspecified atom stereocenters. The molecule has 11 heteroatoms. The van der Waals surface area contributed by atoms with Crippen molar-refractivity contribution in [3.63, 3.8) is 0 Å². The Kier molecular flexibility index (Phi) is 5.93. The van der Waals surface area contributed by atoms with Crippen molar-refractivity contribution in [1.82, 2.24) is 0 Å². The fraction of sp³-hybridized carbons (Fsp3) is 0.727. The zero-order chi connectivity index (χ0) is 17.1. The van der Waals surface area contributed by atoms with E-state index in [4.69, 9.17) is 9.84 Å². The average Bonchev–Trinajstić information content (AvgIpc) is 2.46. The molecule has 11 nitrogen and oxygen atoms in total. The van der Waals surface area contributed by atoms with Gasteiger partial charge in [0.1, 0.15) is 30.8 Å². The molecule has 0 bridgehead atoms. The van der Waals surface area contributed by atoms with E-state index in [1.165, 1.54) is 0 Å². The number of ether oxygens (including phenoxy) is 1. The van der Waals surface area contributed by atoms with Crippen LogP contribution in [0.2, 0.25) is 0 Å². The molecule has 0 saturated carbocycles. The van der Waals surface area contributed by atoms with Crippen molar-refractivity contribution >= 4 is 17.7 Å². The number of ketones is 1. The lowest BCUT2D eigenvalue weighted by atomic mass is 9.91. The molecule has 22 heavy (non-hydrogen) atoms. The van der Waals surface area contributed by atoms with Gasteiger partial charge < -0.3 is 30.3 Å². The SMILES string of the molecule is CC(=O)C(=O)OOC(=O)CC1(O)O[C@H](CO)[C@@H](O)[C@H](O)[C@H]1O. The number of carbonyl (C=O) groups is 3. The summed E-state index contributed by atoms with van der Waals surface area (Å²) in [5.41, 5.74) is 0. The van der Waals surface area contributed by atoms with Crippen LogP contribution in [0.15, 0.2) is 0 Å². The summed E-state index contributed by atoms with van der Waals surface area (Å²) in [6, 6.07) is 0. The highest BCUT2D eigenvalue weighted by molar-refractivity contribution is 6.32. The highest BCUT2D eigenvalue weighted by atomic mass is 17.2. The minimum atomic E-state index is -2.70. The molecule has 0 aromatic carbocycles. The highest BCUT2D eigenvalue weighted by Gasteiger charge is 2.54. The van der Waals surface area contributed by atoms with Gasteiger partial charge in [-0.05, 0) is 0 Å². The predicted molar refractivity (Wildman–Crippen MR) is 62.4 cm³/mol. The highest BCUT2D eigenvalue weighted by Crippen LogP contribution is 2.31. The third-order valence-corrected chi connectivity index (χ3v) is 2.95. The summed E-state index contributed by atoms with van der Waals surface area (Å²) in [6.45, 7) is 0.0446. The van der Waals surface area contributed by atoms with Gasteiger partial charge in [-0.3, -0.25) is 4.79 Å². The summed E-state index contributed by atoms with van der Waals surface area (Å²) < 4.78 is 4.78. The van der Waals surface area contributed by atoms with Gasteiger partial charge in [0, 0.05) is 6.92 Å². The van der Waals surface area contributed by atoms with Gasteiger partial charge in [-0.15, -0.1) is 0 Å². The monoisotopic (exact) mass is 324 g/mol. The molecule has 0 radical (unpaired) electrons. The molecule has 1 saturated heterocycles. The van der Waals surface area contributed by atoms with E-state index in [0.717, 1.165) is 6.92 Å². The number of carbonyl (C=O) groups excluding carboxylic acids is 3. The van der Waals surface area contributed by atoms with Crippen molar-refractivity contribution < 1.29 is 54.4 Å². The molecule has 0 aromatic heterocycles. The Labute approximate surface area is 123 Å². The first-order valence-electron chi connectivity index (χ1n) is 6.10. The van der Waals surface area contributed by atoms with Crippen LogP contribution in [-0.4, -0.2) is 80.1 Å². The fourth-order valence-electron chi connectivity index (χ4n) is 1.75. The van der Waals surface area contributed by atoms with Crippen LogP contribution in [0, 0.1) is 0 Å². The summed E-state index contributed by atoms with van der Waals surface area (Å²) in [4.78, 5) is 40.5. The van der Waals surface area contributed by atoms with Crippen molar-refractivity contribution in [2.45, 2.75) is 43.5 Å². The summed E-state index contributed by atoms with van der Waals surface area (Å²) in [6.07, 6.45) is -8.31. The second-order valence-corrected chi connectivity index (χ2v) is 4.67. The first-order chi connectivity index (χ1) is 10.1. The molecule has 5 atom stereocenters. The Bertz CT molecular complexity index is 447. The lowest BCUT2D eigenvalue weighted by molar-refractivity contribution is -0.352. The Morgan fingerprint density at radius 2 is 1.73 bits per heavy atom. The largest absolute Gasteiger partial charge is 0.421 e. The number of hydrogen-bond donors (Lipinski definition) is 5. The first-order valence-corrected chi connectivity index (χ1v) is 6.10. The van der Waals surface area contributed by atoms with Gasteiger partial charge in [0.2, 0.25) is 11.6 Å².